The summed E-state index contributed by atoms with van der Waals surface area (Å²) in [6.07, 6.45) is 4.31. The minimum atomic E-state index is -0.0887. The van der Waals surface area contributed by atoms with Crippen LogP contribution in [0.5, 0.6) is 0 Å². The minimum absolute atomic E-state index is 0.0887. The van der Waals surface area contributed by atoms with E-state index in [0.29, 0.717) is 24.5 Å². The Labute approximate surface area is 164 Å². The Morgan fingerprint density at radius 2 is 1.64 bits per heavy atom. The number of benzene rings is 2. The van der Waals surface area contributed by atoms with Crippen molar-refractivity contribution in [3.05, 3.63) is 84.1 Å². The highest BCUT2D eigenvalue weighted by Gasteiger charge is 2.24. The molecule has 142 valence electrons. The number of hydrogen-bond acceptors (Lipinski definition) is 4. The van der Waals surface area contributed by atoms with Gasteiger partial charge in [-0.05, 0) is 5.56 Å². The topological polar surface area (TPSA) is 49.6 Å². The van der Waals surface area contributed by atoms with E-state index in [-0.39, 0.29) is 5.91 Å². The summed E-state index contributed by atoms with van der Waals surface area (Å²) in [7, 11) is 0. The van der Waals surface area contributed by atoms with Gasteiger partial charge in [-0.1, -0.05) is 78.0 Å². The van der Waals surface area contributed by atoms with E-state index in [9.17, 15) is 4.79 Å². The lowest BCUT2D eigenvalue weighted by atomic mass is 10.1. The summed E-state index contributed by atoms with van der Waals surface area (Å²) in [6, 6.07) is 21.7. The molecule has 1 aromatic heterocycles. The SMILES string of the molecule is O=C(c1cc(-c2ccccc2)no1)N1CCN(C/C=C/c2ccccc2)CC1. The van der Waals surface area contributed by atoms with Crippen molar-refractivity contribution < 1.29 is 9.32 Å². The van der Waals surface area contributed by atoms with E-state index in [0.717, 1.165) is 25.2 Å². The van der Waals surface area contributed by atoms with Gasteiger partial charge in [0.25, 0.3) is 5.91 Å². The van der Waals surface area contributed by atoms with Crippen molar-refractivity contribution in [3.63, 3.8) is 0 Å². The number of carbonyl (C=O) groups excluding carboxylic acids is 1. The summed E-state index contributed by atoms with van der Waals surface area (Å²) in [5.74, 6) is 0.213. The first-order chi connectivity index (χ1) is 13.8. The Kier molecular flexibility index (Phi) is 5.64. The molecule has 2 heterocycles. The van der Waals surface area contributed by atoms with Crippen LogP contribution < -0.4 is 0 Å². The molecule has 1 saturated heterocycles. The zero-order valence-electron chi connectivity index (χ0n) is 15.7. The highest BCUT2D eigenvalue weighted by Crippen LogP contribution is 2.20. The molecule has 5 nitrogen and oxygen atoms in total. The van der Waals surface area contributed by atoms with E-state index in [1.54, 1.807) is 6.07 Å². The molecule has 0 N–H and O–H groups in total. The van der Waals surface area contributed by atoms with Crippen molar-refractivity contribution in [1.82, 2.24) is 15.0 Å². The van der Waals surface area contributed by atoms with Gasteiger partial charge in [-0.15, -0.1) is 0 Å². The van der Waals surface area contributed by atoms with Crippen LogP contribution in [0.15, 0.2) is 77.3 Å². The summed E-state index contributed by atoms with van der Waals surface area (Å²) in [5, 5.41) is 4.04. The Morgan fingerprint density at radius 1 is 0.964 bits per heavy atom. The minimum Gasteiger partial charge on any atom is -0.350 e. The van der Waals surface area contributed by atoms with Gasteiger partial charge >= 0.3 is 0 Å². The lowest BCUT2D eigenvalue weighted by Crippen LogP contribution is -2.48. The van der Waals surface area contributed by atoms with E-state index in [2.05, 4.69) is 34.3 Å². The Bertz CT molecular complexity index is 927. The van der Waals surface area contributed by atoms with Gasteiger partial charge in [0.15, 0.2) is 0 Å². The van der Waals surface area contributed by atoms with E-state index >= 15 is 0 Å². The first-order valence-corrected chi connectivity index (χ1v) is 9.55. The van der Waals surface area contributed by atoms with Crippen LogP contribution in [0.4, 0.5) is 0 Å². The second-order valence-electron chi connectivity index (χ2n) is 6.85. The molecule has 0 atom stereocenters. The van der Waals surface area contributed by atoms with Gasteiger partial charge in [0, 0.05) is 44.4 Å². The smallest absolute Gasteiger partial charge is 0.292 e. The summed E-state index contributed by atoms with van der Waals surface area (Å²) in [4.78, 5) is 16.9. The van der Waals surface area contributed by atoms with Gasteiger partial charge in [0.2, 0.25) is 5.76 Å². The van der Waals surface area contributed by atoms with Gasteiger partial charge in [-0.25, -0.2) is 0 Å². The van der Waals surface area contributed by atoms with Crippen molar-refractivity contribution >= 4 is 12.0 Å². The van der Waals surface area contributed by atoms with Gasteiger partial charge in [-0.3, -0.25) is 9.69 Å². The standard InChI is InChI=1S/C23H23N3O2/c27-23(22-18-21(24-28-22)20-11-5-2-6-12-20)26-16-14-25(15-17-26)13-7-10-19-8-3-1-4-9-19/h1-12,18H,13-17H2/b10-7+. The molecule has 1 aliphatic heterocycles. The number of amides is 1. The molecule has 3 aromatic rings. The van der Waals surface area contributed by atoms with Crippen molar-refractivity contribution in [2.24, 2.45) is 0 Å². The number of aromatic nitrogens is 1. The lowest BCUT2D eigenvalue weighted by Gasteiger charge is -2.33. The molecule has 0 saturated carbocycles. The number of rotatable bonds is 5. The Hall–Kier alpha value is -3.18. The lowest BCUT2D eigenvalue weighted by molar-refractivity contribution is 0.0610. The van der Waals surface area contributed by atoms with E-state index in [4.69, 9.17) is 4.52 Å². The van der Waals surface area contributed by atoms with E-state index in [1.165, 1.54) is 5.56 Å². The zero-order valence-corrected chi connectivity index (χ0v) is 15.7. The molecule has 2 aromatic carbocycles. The number of piperazine rings is 1. The van der Waals surface area contributed by atoms with Gasteiger partial charge in [-0.2, -0.15) is 0 Å². The Balaban J connectivity index is 1.29. The molecule has 0 spiro atoms. The van der Waals surface area contributed by atoms with E-state index in [1.807, 2.05) is 53.4 Å². The van der Waals surface area contributed by atoms with Crippen LogP contribution in [0.2, 0.25) is 0 Å². The fourth-order valence-electron chi connectivity index (χ4n) is 3.31. The monoisotopic (exact) mass is 373 g/mol. The third-order valence-electron chi connectivity index (χ3n) is 4.92. The van der Waals surface area contributed by atoms with Gasteiger partial charge in [0.1, 0.15) is 5.69 Å². The summed E-state index contributed by atoms with van der Waals surface area (Å²) in [5.41, 5.74) is 2.84. The van der Waals surface area contributed by atoms with Crippen LogP contribution in [0.25, 0.3) is 17.3 Å². The average Bonchev–Trinajstić information content (AvgIpc) is 3.25. The predicted octanol–water partition coefficient (Wildman–Crippen LogP) is 3.81. The van der Waals surface area contributed by atoms with Crippen LogP contribution in [0.3, 0.4) is 0 Å². The molecular weight excluding hydrogens is 350 g/mol. The second-order valence-corrected chi connectivity index (χ2v) is 6.85. The highest BCUT2D eigenvalue weighted by atomic mass is 16.5. The predicted molar refractivity (Wildman–Crippen MR) is 110 cm³/mol. The fraction of sp³-hybridized carbons (Fsp3) is 0.217. The number of nitrogens with zero attached hydrogens (tertiary/aromatic N) is 3. The normalized spacial score (nSPS) is 15.2. The highest BCUT2D eigenvalue weighted by molar-refractivity contribution is 5.92. The van der Waals surface area contributed by atoms with Crippen LogP contribution >= 0.6 is 0 Å². The molecule has 0 aliphatic carbocycles. The van der Waals surface area contributed by atoms with Crippen molar-refractivity contribution in [2.45, 2.75) is 0 Å². The zero-order chi connectivity index (χ0) is 19.2. The molecule has 28 heavy (non-hydrogen) atoms. The molecular formula is C23H23N3O2. The van der Waals surface area contributed by atoms with Crippen molar-refractivity contribution in [2.75, 3.05) is 32.7 Å². The summed E-state index contributed by atoms with van der Waals surface area (Å²) in [6.45, 7) is 3.98. The van der Waals surface area contributed by atoms with Crippen LogP contribution in [0.1, 0.15) is 16.1 Å². The fourth-order valence-corrected chi connectivity index (χ4v) is 3.31. The molecule has 5 heteroatoms. The maximum atomic E-state index is 12.7. The van der Waals surface area contributed by atoms with Gasteiger partial charge < -0.3 is 9.42 Å². The van der Waals surface area contributed by atoms with Crippen molar-refractivity contribution in [1.29, 1.82) is 0 Å². The van der Waals surface area contributed by atoms with E-state index < -0.39 is 0 Å². The van der Waals surface area contributed by atoms with Crippen LogP contribution in [0, 0.1) is 0 Å². The first kappa shape index (κ1) is 18.2. The number of carbonyl (C=O) groups is 1. The summed E-state index contributed by atoms with van der Waals surface area (Å²) < 4.78 is 5.31. The Morgan fingerprint density at radius 3 is 2.36 bits per heavy atom. The maximum absolute atomic E-state index is 12.7. The number of hydrogen-bond donors (Lipinski definition) is 0. The molecule has 0 unspecified atom stereocenters. The van der Waals surface area contributed by atoms with Crippen LogP contribution in [-0.2, 0) is 0 Å². The molecule has 4 rings (SSSR count). The molecule has 1 fully saturated rings. The molecule has 0 bridgehead atoms. The third kappa shape index (κ3) is 4.38. The quantitative estimate of drug-likeness (QED) is 0.682. The maximum Gasteiger partial charge on any atom is 0.292 e. The third-order valence-corrected chi connectivity index (χ3v) is 4.92. The second kappa shape index (κ2) is 8.67. The largest absolute Gasteiger partial charge is 0.350 e. The van der Waals surface area contributed by atoms with Crippen LogP contribution in [-0.4, -0.2) is 53.6 Å². The molecule has 0 radical (unpaired) electrons. The average molecular weight is 373 g/mol. The van der Waals surface area contributed by atoms with Crippen molar-refractivity contribution in [3.8, 4) is 11.3 Å². The first-order valence-electron chi connectivity index (χ1n) is 9.55. The molecule has 1 aliphatic rings. The van der Waals surface area contributed by atoms with Gasteiger partial charge in [0.05, 0.1) is 0 Å². The summed E-state index contributed by atoms with van der Waals surface area (Å²) >= 11 is 0. The molecule has 1 amide bonds.